The highest BCUT2D eigenvalue weighted by atomic mass is 35.5. The van der Waals surface area contributed by atoms with Crippen molar-refractivity contribution in [3.63, 3.8) is 0 Å². The Morgan fingerprint density at radius 1 is 1.30 bits per heavy atom. The van der Waals surface area contributed by atoms with Crippen LogP contribution in [-0.4, -0.2) is 11.7 Å². The number of pyridine rings is 1. The number of allylic oxidation sites excluding steroid dienone is 3. The van der Waals surface area contributed by atoms with Crippen molar-refractivity contribution in [3.8, 4) is 6.07 Å². The van der Waals surface area contributed by atoms with Gasteiger partial charge < -0.3 is 5.41 Å². The van der Waals surface area contributed by atoms with E-state index in [1.807, 2.05) is 13.0 Å². The summed E-state index contributed by atoms with van der Waals surface area (Å²) in [7, 11) is 0. The molecule has 0 saturated heterocycles. The molecule has 2 aromatic rings. The number of hydrogen-bond acceptors (Lipinski definition) is 2. The minimum Gasteiger partial charge on any atom is -0.762 e. The van der Waals surface area contributed by atoms with Crippen molar-refractivity contribution in [2.24, 2.45) is 0 Å². The van der Waals surface area contributed by atoms with E-state index >= 15 is 0 Å². The van der Waals surface area contributed by atoms with Gasteiger partial charge in [0.1, 0.15) is 6.07 Å². The highest BCUT2D eigenvalue weighted by Crippen LogP contribution is 2.14. The van der Waals surface area contributed by atoms with Gasteiger partial charge in [0.25, 0.3) is 11.5 Å². The number of carbonyl (C=O) groups excluding carboxylic acids is 1. The fourth-order valence-electron chi connectivity index (χ4n) is 1.98. The molecule has 23 heavy (non-hydrogen) atoms. The number of rotatable bonds is 4. The van der Waals surface area contributed by atoms with Crippen LogP contribution in [0.3, 0.4) is 0 Å². The predicted molar refractivity (Wildman–Crippen MR) is 88.9 cm³/mol. The summed E-state index contributed by atoms with van der Waals surface area (Å²) < 4.78 is 1.60. The van der Waals surface area contributed by atoms with E-state index in [4.69, 9.17) is 22.3 Å². The predicted octanol–water partition coefficient (Wildman–Crippen LogP) is 3.35. The number of nitrogens with zero attached hydrogens (tertiary/aromatic N) is 3. The van der Waals surface area contributed by atoms with Gasteiger partial charge in [0, 0.05) is 28.3 Å². The molecule has 1 heterocycles. The standard InChI is InChI=1S/C18H12ClN3O/c1-13-3-2-8-22(12-13)17(9-14(10-20)11-21)18(23)15-4-6-16(19)7-5-15/h2-9,12H,1H3/b17-9-. The van der Waals surface area contributed by atoms with Crippen LogP contribution in [0.25, 0.3) is 11.1 Å². The highest BCUT2D eigenvalue weighted by molar-refractivity contribution is 6.31. The van der Waals surface area contributed by atoms with Gasteiger partial charge in [-0.1, -0.05) is 11.6 Å². The summed E-state index contributed by atoms with van der Waals surface area (Å²) in [5.41, 5.74) is 1.44. The molecule has 0 aliphatic rings. The van der Waals surface area contributed by atoms with Crippen LogP contribution in [0.1, 0.15) is 15.9 Å². The molecule has 0 aliphatic carbocycles. The fourth-order valence-corrected chi connectivity index (χ4v) is 2.10. The Hall–Kier alpha value is -2.99. The first kappa shape index (κ1) is 16.4. The number of aryl methyl sites for hydroxylation is 1. The normalized spacial score (nSPS) is 10.6. The van der Waals surface area contributed by atoms with Gasteiger partial charge in [-0.3, -0.25) is 10.7 Å². The Morgan fingerprint density at radius 3 is 2.57 bits per heavy atom. The average molecular weight is 322 g/mol. The Morgan fingerprint density at radius 2 is 2.00 bits per heavy atom. The van der Waals surface area contributed by atoms with Crippen molar-refractivity contribution in [1.82, 2.24) is 0 Å². The number of benzene rings is 1. The van der Waals surface area contributed by atoms with Crippen molar-refractivity contribution in [2.45, 2.75) is 6.92 Å². The summed E-state index contributed by atoms with van der Waals surface area (Å²) >= 11 is 5.84. The maximum Gasteiger partial charge on any atom is 0.260 e. The van der Waals surface area contributed by atoms with Crippen molar-refractivity contribution in [2.75, 3.05) is 0 Å². The monoisotopic (exact) mass is 321 g/mol. The van der Waals surface area contributed by atoms with E-state index in [0.29, 0.717) is 10.6 Å². The third-order valence-electron chi connectivity index (χ3n) is 3.09. The summed E-state index contributed by atoms with van der Waals surface area (Å²) in [6, 6.07) is 11.9. The van der Waals surface area contributed by atoms with Crippen LogP contribution in [-0.2, 0) is 0 Å². The molecule has 2 rings (SSSR count). The van der Waals surface area contributed by atoms with E-state index in [-0.39, 0.29) is 17.1 Å². The number of nitriles is 1. The molecule has 0 N–H and O–H groups in total. The summed E-state index contributed by atoms with van der Waals surface area (Å²) in [5, 5.41) is 18.5. The van der Waals surface area contributed by atoms with E-state index in [2.05, 4.69) is 0 Å². The number of hydrogen-bond donors (Lipinski definition) is 0. The highest BCUT2D eigenvalue weighted by Gasteiger charge is 2.22. The number of ketones is 1. The van der Waals surface area contributed by atoms with Crippen LogP contribution >= 0.6 is 11.6 Å². The zero-order valence-corrected chi connectivity index (χ0v) is 13.1. The zero-order valence-electron chi connectivity index (χ0n) is 12.3. The third kappa shape index (κ3) is 4.02. The van der Waals surface area contributed by atoms with Crippen LogP contribution < -0.4 is 4.57 Å². The van der Waals surface area contributed by atoms with Crippen molar-refractivity contribution in [1.29, 1.82) is 5.26 Å². The molecule has 1 aromatic carbocycles. The molecule has 0 amide bonds. The Kier molecular flexibility index (Phi) is 5.22. The van der Waals surface area contributed by atoms with Gasteiger partial charge in [-0.15, -0.1) is 0 Å². The lowest BCUT2D eigenvalue weighted by molar-refractivity contribution is -0.577. The summed E-state index contributed by atoms with van der Waals surface area (Å²) in [4.78, 5) is 12.8. The first-order chi connectivity index (χ1) is 11.0. The largest absolute Gasteiger partial charge is 0.762 e. The Labute approximate surface area is 139 Å². The van der Waals surface area contributed by atoms with E-state index in [1.165, 1.54) is 6.08 Å². The summed E-state index contributed by atoms with van der Waals surface area (Å²) in [5.74, 6) is 1.47. The lowest BCUT2D eigenvalue weighted by Gasteiger charge is -2.03. The second-order valence-corrected chi connectivity index (χ2v) is 5.23. The number of Topliss-reactive ketones (excluding diaryl/α,β-unsaturated/α-hetero) is 1. The molecule has 0 bridgehead atoms. The van der Waals surface area contributed by atoms with Crippen LogP contribution in [0.2, 0.25) is 5.02 Å². The molecule has 0 radical (unpaired) electrons. The molecule has 1 aromatic heterocycles. The van der Waals surface area contributed by atoms with Crippen molar-refractivity contribution < 1.29 is 9.36 Å². The molecular formula is C18H12ClN3O. The smallest absolute Gasteiger partial charge is 0.260 e. The first-order valence-corrected chi connectivity index (χ1v) is 7.10. The molecule has 0 unspecified atom stereocenters. The molecule has 0 fully saturated rings. The van der Waals surface area contributed by atoms with Gasteiger partial charge >= 0.3 is 0 Å². The lowest BCUT2D eigenvalue weighted by atomic mass is 10.1. The second-order valence-electron chi connectivity index (χ2n) is 4.79. The van der Waals surface area contributed by atoms with Gasteiger partial charge in [-0.2, -0.15) is 9.83 Å². The van der Waals surface area contributed by atoms with Gasteiger partial charge in [-0.05, 0) is 37.3 Å². The van der Waals surface area contributed by atoms with Crippen LogP contribution in [0, 0.1) is 18.3 Å². The molecule has 0 spiro atoms. The van der Waals surface area contributed by atoms with E-state index in [9.17, 15) is 4.79 Å². The summed E-state index contributed by atoms with van der Waals surface area (Å²) in [6.07, 6.45) is 4.74. The third-order valence-corrected chi connectivity index (χ3v) is 3.34. The van der Waals surface area contributed by atoms with Crippen LogP contribution in [0.5, 0.6) is 0 Å². The first-order valence-electron chi connectivity index (χ1n) is 6.72. The number of aromatic nitrogens is 1. The van der Waals surface area contributed by atoms with Crippen molar-refractivity contribution >= 4 is 29.0 Å². The number of halogens is 1. The van der Waals surface area contributed by atoms with Crippen molar-refractivity contribution in [3.05, 3.63) is 82.0 Å². The van der Waals surface area contributed by atoms with Gasteiger partial charge in [0.05, 0.1) is 5.57 Å². The van der Waals surface area contributed by atoms with E-state index in [0.717, 1.165) is 5.56 Å². The SMILES string of the molecule is Cc1ccc[n+](/C(=C\C(=C=[N-])C#N)C(=O)c2ccc(Cl)cc2)c1. The van der Waals surface area contributed by atoms with Gasteiger partial charge in [-0.25, -0.2) is 0 Å². The van der Waals surface area contributed by atoms with Gasteiger partial charge in [0.15, 0.2) is 12.4 Å². The molecular weight excluding hydrogens is 310 g/mol. The van der Waals surface area contributed by atoms with Crippen LogP contribution in [0.15, 0.2) is 60.4 Å². The molecule has 112 valence electrons. The minimum absolute atomic E-state index is 0.142. The summed E-state index contributed by atoms with van der Waals surface area (Å²) in [6.45, 7) is 1.89. The molecule has 5 heteroatoms. The molecule has 0 atom stereocenters. The number of carbonyl (C=O) groups is 1. The fraction of sp³-hybridized carbons (Fsp3) is 0.0556. The van der Waals surface area contributed by atoms with E-state index in [1.54, 1.807) is 59.2 Å². The van der Waals surface area contributed by atoms with Crippen LogP contribution in [0.4, 0.5) is 0 Å². The maximum atomic E-state index is 12.8. The molecule has 0 saturated carbocycles. The molecule has 0 aliphatic heterocycles. The Balaban J connectivity index is 2.58. The van der Waals surface area contributed by atoms with E-state index < -0.39 is 0 Å². The maximum absolute atomic E-state index is 12.8. The quantitative estimate of drug-likeness (QED) is 0.216. The average Bonchev–Trinajstić information content (AvgIpc) is 2.56. The Bertz CT molecular complexity index is 870. The van der Waals surface area contributed by atoms with Gasteiger partial charge in [0.2, 0.25) is 0 Å². The molecule has 4 nitrogen and oxygen atoms in total. The zero-order chi connectivity index (χ0) is 16.8. The minimum atomic E-state index is -0.305. The lowest BCUT2D eigenvalue weighted by Crippen LogP contribution is -2.36. The second kappa shape index (κ2) is 7.33. The topological polar surface area (TPSA) is 67.0 Å².